The second-order valence-electron chi connectivity index (χ2n) is 4.68. The van der Waals surface area contributed by atoms with Crippen LogP contribution < -0.4 is 10.1 Å². The molecule has 0 atom stereocenters. The van der Waals surface area contributed by atoms with Gasteiger partial charge < -0.3 is 9.47 Å². The van der Waals surface area contributed by atoms with Gasteiger partial charge in [-0.2, -0.15) is 0 Å². The number of amides is 1. The molecule has 0 spiro atoms. The molecule has 0 bridgehead atoms. The first kappa shape index (κ1) is 16.4. The van der Waals surface area contributed by atoms with Crippen LogP contribution in [0.3, 0.4) is 0 Å². The van der Waals surface area contributed by atoms with Crippen molar-refractivity contribution in [2.75, 3.05) is 18.5 Å². The summed E-state index contributed by atoms with van der Waals surface area (Å²) in [6.45, 7) is 2.15. The van der Waals surface area contributed by atoms with Crippen molar-refractivity contribution >= 4 is 49.9 Å². The number of hydrogen-bond donors (Lipinski definition) is 1. The number of nitrogens with zero attached hydrogens (tertiary/aromatic N) is 1. The van der Waals surface area contributed by atoms with Crippen molar-refractivity contribution in [3.05, 3.63) is 40.6 Å². The lowest BCUT2D eigenvalue weighted by atomic mass is 10.3. The standard InChI is InChI=1S/C16H14N2O4S2/c1-2-21-10-5-6-11-13(8-10)24-16(17-11)18-14(19)9-22-15(20)12-4-3-7-23-12/h3-8H,2,9H2,1H3,(H,17,18,19). The molecule has 0 fully saturated rings. The van der Waals surface area contributed by atoms with Crippen LogP contribution in [0.25, 0.3) is 10.2 Å². The van der Waals surface area contributed by atoms with Gasteiger partial charge in [-0.05, 0) is 36.6 Å². The largest absolute Gasteiger partial charge is 0.494 e. The number of thiophene rings is 1. The van der Waals surface area contributed by atoms with Gasteiger partial charge in [0.15, 0.2) is 11.7 Å². The normalized spacial score (nSPS) is 10.5. The van der Waals surface area contributed by atoms with E-state index in [1.807, 2.05) is 25.1 Å². The van der Waals surface area contributed by atoms with Crippen LogP contribution in [0.5, 0.6) is 5.75 Å². The van der Waals surface area contributed by atoms with Gasteiger partial charge in [-0.1, -0.05) is 17.4 Å². The molecule has 0 radical (unpaired) electrons. The average molecular weight is 362 g/mol. The predicted octanol–water partition coefficient (Wildman–Crippen LogP) is 3.55. The second kappa shape index (κ2) is 7.41. The number of esters is 1. The van der Waals surface area contributed by atoms with Crippen molar-refractivity contribution in [1.29, 1.82) is 0 Å². The molecule has 3 aromatic rings. The number of carbonyl (C=O) groups excluding carboxylic acids is 2. The number of fused-ring (bicyclic) bond motifs is 1. The van der Waals surface area contributed by atoms with Crippen LogP contribution in [0.4, 0.5) is 5.13 Å². The van der Waals surface area contributed by atoms with E-state index < -0.39 is 11.9 Å². The maximum absolute atomic E-state index is 11.9. The monoisotopic (exact) mass is 362 g/mol. The highest BCUT2D eigenvalue weighted by Crippen LogP contribution is 2.29. The quantitative estimate of drug-likeness (QED) is 0.679. The number of benzene rings is 1. The third kappa shape index (κ3) is 3.90. The molecule has 0 aliphatic rings. The van der Waals surface area contributed by atoms with E-state index in [-0.39, 0.29) is 6.61 Å². The minimum absolute atomic E-state index is 0.350. The van der Waals surface area contributed by atoms with Crippen LogP contribution in [0.15, 0.2) is 35.7 Å². The van der Waals surface area contributed by atoms with Crippen LogP contribution in [-0.2, 0) is 9.53 Å². The topological polar surface area (TPSA) is 77.5 Å². The summed E-state index contributed by atoms with van der Waals surface area (Å²) in [6, 6.07) is 8.94. The second-order valence-corrected chi connectivity index (χ2v) is 6.66. The van der Waals surface area contributed by atoms with Crippen molar-refractivity contribution in [2.24, 2.45) is 0 Å². The van der Waals surface area contributed by atoms with Crippen LogP contribution in [0, 0.1) is 0 Å². The first-order valence-corrected chi connectivity index (χ1v) is 8.89. The van der Waals surface area contributed by atoms with Crippen molar-refractivity contribution in [1.82, 2.24) is 4.98 Å². The molecule has 3 rings (SSSR count). The van der Waals surface area contributed by atoms with Gasteiger partial charge in [0.2, 0.25) is 0 Å². The van der Waals surface area contributed by atoms with E-state index >= 15 is 0 Å². The first-order chi connectivity index (χ1) is 11.7. The van der Waals surface area contributed by atoms with E-state index in [9.17, 15) is 9.59 Å². The number of nitrogens with one attached hydrogen (secondary N) is 1. The SMILES string of the molecule is CCOc1ccc2nc(NC(=O)COC(=O)c3cccs3)sc2c1. The summed E-state index contributed by atoms with van der Waals surface area (Å²) in [5.41, 5.74) is 0.773. The number of ether oxygens (including phenoxy) is 2. The Bertz CT molecular complexity index is 858. The van der Waals surface area contributed by atoms with Crippen LogP contribution in [0.2, 0.25) is 0 Å². The van der Waals surface area contributed by atoms with Crippen molar-refractivity contribution in [3.8, 4) is 5.75 Å². The van der Waals surface area contributed by atoms with Gasteiger partial charge in [0.05, 0.1) is 16.8 Å². The summed E-state index contributed by atoms with van der Waals surface area (Å²) in [5, 5.41) is 4.86. The molecule has 2 aromatic heterocycles. The van der Waals surface area contributed by atoms with E-state index in [4.69, 9.17) is 9.47 Å². The fourth-order valence-electron chi connectivity index (χ4n) is 1.97. The Balaban J connectivity index is 1.59. The number of thiazole rings is 1. The third-order valence-electron chi connectivity index (χ3n) is 2.97. The van der Waals surface area contributed by atoms with Gasteiger partial charge in [0.25, 0.3) is 5.91 Å². The number of aromatic nitrogens is 1. The number of rotatable bonds is 6. The third-order valence-corrected chi connectivity index (χ3v) is 4.76. The van der Waals surface area contributed by atoms with E-state index in [2.05, 4.69) is 10.3 Å². The zero-order chi connectivity index (χ0) is 16.9. The molecule has 0 saturated carbocycles. The highest BCUT2D eigenvalue weighted by Gasteiger charge is 2.13. The van der Waals surface area contributed by atoms with Gasteiger partial charge in [-0.15, -0.1) is 11.3 Å². The lowest BCUT2D eigenvalue weighted by Gasteiger charge is -2.02. The van der Waals surface area contributed by atoms with Gasteiger partial charge >= 0.3 is 5.97 Å². The molecule has 2 heterocycles. The first-order valence-electron chi connectivity index (χ1n) is 7.19. The van der Waals surface area contributed by atoms with Crippen molar-refractivity contribution in [2.45, 2.75) is 6.92 Å². The fourth-order valence-corrected chi connectivity index (χ4v) is 3.49. The molecule has 1 aromatic carbocycles. The lowest BCUT2D eigenvalue weighted by Crippen LogP contribution is -2.20. The van der Waals surface area contributed by atoms with E-state index in [0.717, 1.165) is 16.0 Å². The van der Waals surface area contributed by atoms with Crippen LogP contribution >= 0.6 is 22.7 Å². The smallest absolute Gasteiger partial charge is 0.348 e. The van der Waals surface area contributed by atoms with Crippen molar-refractivity contribution in [3.63, 3.8) is 0 Å². The lowest BCUT2D eigenvalue weighted by molar-refractivity contribution is -0.119. The summed E-state index contributed by atoms with van der Waals surface area (Å²) < 4.78 is 11.3. The number of anilines is 1. The molecule has 6 nitrogen and oxygen atoms in total. The molecule has 0 aliphatic carbocycles. The van der Waals surface area contributed by atoms with Gasteiger partial charge in [0, 0.05) is 0 Å². The number of carbonyl (C=O) groups is 2. The Kier molecular flexibility index (Phi) is 5.07. The summed E-state index contributed by atoms with van der Waals surface area (Å²) >= 11 is 2.60. The Hall–Kier alpha value is -2.45. The zero-order valence-corrected chi connectivity index (χ0v) is 14.4. The Morgan fingerprint density at radius 1 is 1.29 bits per heavy atom. The molecule has 1 N–H and O–H groups in total. The predicted molar refractivity (Wildman–Crippen MR) is 94.0 cm³/mol. The van der Waals surface area contributed by atoms with Crippen LogP contribution in [0.1, 0.15) is 16.6 Å². The van der Waals surface area contributed by atoms with Crippen LogP contribution in [-0.4, -0.2) is 30.1 Å². The minimum atomic E-state index is -0.509. The molecule has 0 unspecified atom stereocenters. The fraction of sp³-hybridized carbons (Fsp3) is 0.188. The molecule has 24 heavy (non-hydrogen) atoms. The maximum Gasteiger partial charge on any atom is 0.348 e. The molecule has 8 heteroatoms. The molecule has 0 saturated heterocycles. The van der Waals surface area contributed by atoms with Crippen molar-refractivity contribution < 1.29 is 19.1 Å². The number of hydrogen-bond acceptors (Lipinski definition) is 7. The highest BCUT2D eigenvalue weighted by molar-refractivity contribution is 7.22. The van der Waals surface area contributed by atoms with Gasteiger partial charge in [0.1, 0.15) is 10.6 Å². The summed E-state index contributed by atoms with van der Waals surface area (Å²) in [6.07, 6.45) is 0. The summed E-state index contributed by atoms with van der Waals surface area (Å²) in [4.78, 5) is 28.4. The molecule has 1 amide bonds. The molecule has 124 valence electrons. The molecular formula is C16H14N2O4S2. The zero-order valence-electron chi connectivity index (χ0n) is 12.8. The summed E-state index contributed by atoms with van der Waals surface area (Å²) in [5.74, 6) is -0.175. The minimum Gasteiger partial charge on any atom is -0.494 e. The molecular weight excluding hydrogens is 348 g/mol. The Morgan fingerprint density at radius 3 is 2.92 bits per heavy atom. The molecule has 0 aliphatic heterocycles. The maximum atomic E-state index is 11.9. The Morgan fingerprint density at radius 2 is 2.17 bits per heavy atom. The van der Waals surface area contributed by atoms with Gasteiger partial charge in [-0.3, -0.25) is 10.1 Å². The van der Waals surface area contributed by atoms with Gasteiger partial charge in [-0.25, -0.2) is 9.78 Å². The van der Waals surface area contributed by atoms with E-state index in [1.54, 1.807) is 17.5 Å². The Labute approximate surface area is 146 Å². The summed E-state index contributed by atoms with van der Waals surface area (Å²) in [7, 11) is 0. The van der Waals surface area contributed by atoms with E-state index in [1.165, 1.54) is 22.7 Å². The highest BCUT2D eigenvalue weighted by atomic mass is 32.1. The van der Waals surface area contributed by atoms with E-state index in [0.29, 0.717) is 16.6 Å². The average Bonchev–Trinajstić information content (AvgIpc) is 3.21.